The number of rotatable bonds is 4. The number of nitroso groups, excluding NO2 is 1. The zero-order valence-electron chi connectivity index (χ0n) is 10.4. The first-order chi connectivity index (χ1) is 9.11. The molecule has 0 aliphatic carbocycles. The first-order valence-electron chi connectivity index (χ1n) is 5.63. The van der Waals surface area contributed by atoms with E-state index in [4.69, 9.17) is 11.5 Å². The summed E-state index contributed by atoms with van der Waals surface area (Å²) in [7, 11) is 1.78. The summed E-state index contributed by atoms with van der Waals surface area (Å²) in [5.74, 6) is 0.320. The van der Waals surface area contributed by atoms with Gasteiger partial charge in [-0.25, -0.2) is 0 Å². The van der Waals surface area contributed by atoms with E-state index in [0.29, 0.717) is 12.4 Å². The third-order valence-corrected chi connectivity index (χ3v) is 2.63. The monoisotopic (exact) mass is 258 g/mol. The Morgan fingerprint density at radius 3 is 2.53 bits per heavy atom. The lowest BCUT2D eigenvalue weighted by Crippen LogP contribution is -2.19. The first-order valence-corrected chi connectivity index (χ1v) is 5.63. The highest BCUT2D eigenvalue weighted by atomic mass is 16.3. The summed E-state index contributed by atoms with van der Waals surface area (Å²) in [6, 6.07) is 9.74. The molecule has 0 aliphatic heterocycles. The molecule has 7 nitrogen and oxygen atoms in total. The summed E-state index contributed by atoms with van der Waals surface area (Å²) in [5.41, 5.74) is 12.2. The quantitative estimate of drug-likeness (QED) is 0.807. The van der Waals surface area contributed by atoms with Crippen LogP contribution in [0.1, 0.15) is 5.56 Å². The summed E-state index contributed by atoms with van der Waals surface area (Å²) in [6.07, 6.45) is 0. The number of nitrogens with zero attached hydrogens (tertiary/aromatic N) is 4. The molecule has 98 valence electrons. The summed E-state index contributed by atoms with van der Waals surface area (Å²) in [4.78, 5) is 20.3. The lowest BCUT2D eigenvalue weighted by atomic mass is 10.2. The van der Waals surface area contributed by atoms with Gasteiger partial charge in [0.1, 0.15) is 0 Å². The fourth-order valence-corrected chi connectivity index (χ4v) is 1.76. The van der Waals surface area contributed by atoms with Gasteiger partial charge in [0.15, 0.2) is 17.3 Å². The number of hydrogen-bond acceptors (Lipinski definition) is 7. The van der Waals surface area contributed by atoms with E-state index in [-0.39, 0.29) is 17.5 Å². The number of anilines is 3. The molecule has 0 saturated carbocycles. The van der Waals surface area contributed by atoms with Gasteiger partial charge in [-0.2, -0.15) is 9.97 Å². The van der Waals surface area contributed by atoms with Crippen LogP contribution in [0.15, 0.2) is 35.5 Å². The van der Waals surface area contributed by atoms with Crippen LogP contribution in [-0.4, -0.2) is 17.0 Å². The first kappa shape index (κ1) is 12.7. The molecular formula is C12H14N6O. The molecule has 0 amide bonds. The van der Waals surface area contributed by atoms with Crippen LogP contribution in [0.4, 0.5) is 23.3 Å². The molecule has 19 heavy (non-hydrogen) atoms. The van der Waals surface area contributed by atoms with Gasteiger partial charge in [-0.05, 0) is 10.7 Å². The second-order valence-electron chi connectivity index (χ2n) is 4.07. The molecule has 0 unspecified atom stereocenters. The fourth-order valence-electron chi connectivity index (χ4n) is 1.76. The minimum absolute atomic E-state index is 0.00707. The molecule has 2 rings (SSSR count). The highest BCUT2D eigenvalue weighted by molar-refractivity contribution is 5.74. The molecule has 0 bridgehead atoms. The highest BCUT2D eigenvalue weighted by Gasteiger charge is 2.16. The van der Waals surface area contributed by atoms with Crippen molar-refractivity contribution in [3.05, 3.63) is 40.8 Å². The van der Waals surface area contributed by atoms with E-state index in [9.17, 15) is 4.91 Å². The third kappa shape index (κ3) is 2.76. The van der Waals surface area contributed by atoms with Crippen molar-refractivity contribution in [3.8, 4) is 0 Å². The Morgan fingerprint density at radius 2 is 1.89 bits per heavy atom. The molecule has 0 spiro atoms. The second-order valence-corrected chi connectivity index (χ2v) is 4.07. The Morgan fingerprint density at radius 1 is 1.21 bits per heavy atom. The Balaban J connectivity index is 2.33. The van der Waals surface area contributed by atoms with Crippen LogP contribution in [0.3, 0.4) is 0 Å². The van der Waals surface area contributed by atoms with E-state index in [1.54, 1.807) is 11.9 Å². The standard InChI is InChI=1S/C12H14N6O/c1-18(7-8-5-3-2-4-6-8)11-9(17-19)10(13)15-12(14)16-11/h2-6H,7H2,1H3,(H4,13,14,15,16). The van der Waals surface area contributed by atoms with Crippen LogP contribution in [0.25, 0.3) is 0 Å². The molecule has 1 aromatic carbocycles. The molecule has 0 aliphatic rings. The number of nitrogens with two attached hydrogens (primary N) is 2. The van der Waals surface area contributed by atoms with Crippen molar-refractivity contribution in [1.29, 1.82) is 0 Å². The van der Waals surface area contributed by atoms with Crippen LogP contribution < -0.4 is 16.4 Å². The van der Waals surface area contributed by atoms with E-state index in [1.165, 1.54) is 0 Å². The average molecular weight is 258 g/mol. The van der Waals surface area contributed by atoms with E-state index in [0.717, 1.165) is 5.56 Å². The van der Waals surface area contributed by atoms with Crippen LogP contribution >= 0.6 is 0 Å². The average Bonchev–Trinajstić information content (AvgIpc) is 2.39. The molecule has 7 heteroatoms. The summed E-state index contributed by atoms with van der Waals surface area (Å²) < 4.78 is 0. The van der Waals surface area contributed by atoms with Gasteiger partial charge in [0.2, 0.25) is 5.95 Å². The lowest BCUT2D eigenvalue weighted by Gasteiger charge is -2.19. The molecule has 0 saturated heterocycles. The van der Waals surface area contributed by atoms with Gasteiger partial charge in [-0.15, -0.1) is 4.91 Å². The fraction of sp³-hybridized carbons (Fsp3) is 0.167. The maximum Gasteiger partial charge on any atom is 0.224 e. The molecule has 4 N–H and O–H groups in total. The Bertz CT molecular complexity index is 586. The Labute approximate surface area is 110 Å². The van der Waals surface area contributed by atoms with Crippen molar-refractivity contribution in [2.24, 2.45) is 5.18 Å². The molecule has 2 aromatic rings. The van der Waals surface area contributed by atoms with Crippen LogP contribution in [0.5, 0.6) is 0 Å². The van der Waals surface area contributed by atoms with E-state index in [1.807, 2.05) is 30.3 Å². The summed E-state index contributed by atoms with van der Waals surface area (Å²) >= 11 is 0. The second kappa shape index (κ2) is 5.30. The smallest absolute Gasteiger partial charge is 0.224 e. The number of benzene rings is 1. The normalized spacial score (nSPS) is 10.2. The predicted molar refractivity (Wildman–Crippen MR) is 74.9 cm³/mol. The van der Waals surface area contributed by atoms with Crippen molar-refractivity contribution in [2.75, 3.05) is 23.4 Å². The van der Waals surface area contributed by atoms with Crippen molar-refractivity contribution in [3.63, 3.8) is 0 Å². The minimum atomic E-state index is -0.0163. The van der Waals surface area contributed by atoms with Crippen LogP contribution in [-0.2, 0) is 6.54 Å². The van der Waals surface area contributed by atoms with Gasteiger partial charge in [0.25, 0.3) is 0 Å². The molecule has 0 atom stereocenters. The number of hydrogen-bond donors (Lipinski definition) is 2. The van der Waals surface area contributed by atoms with Crippen LogP contribution in [0, 0.1) is 4.91 Å². The van der Waals surface area contributed by atoms with Gasteiger partial charge < -0.3 is 16.4 Å². The molecule has 0 radical (unpaired) electrons. The molecular weight excluding hydrogens is 244 g/mol. The zero-order valence-corrected chi connectivity index (χ0v) is 10.4. The largest absolute Gasteiger partial charge is 0.382 e. The lowest BCUT2D eigenvalue weighted by molar-refractivity contribution is 0.894. The number of nitrogen functional groups attached to an aromatic ring is 2. The predicted octanol–water partition coefficient (Wildman–Crippen LogP) is 1.68. The van der Waals surface area contributed by atoms with Crippen molar-refractivity contribution >= 4 is 23.3 Å². The van der Waals surface area contributed by atoms with Crippen molar-refractivity contribution in [1.82, 2.24) is 9.97 Å². The molecule has 1 heterocycles. The molecule has 0 fully saturated rings. The summed E-state index contributed by atoms with van der Waals surface area (Å²) in [5, 5.41) is 2.88. The van der Waals surface area contributed by atoms with E-state index < -0.39 is 0 Å². The maximum atomic E-state index is 10.8. The zero-order chi connectivity index (χ0) is 13.8. The topological polar surface area (TPSA) is 110 Å². The highest BCUT2D eigenvalue weighted by Crippen LogP contribution is 2.31. The Hall–Kier alpha value is -2.70. The van der Waals surface area contributed by atoms with E-state index >= 15 is 0 Å². The van der Waals surface area contributed by atoms with Crippen molar-refractivity contribution in [2.45, 2.75) is 6.54 Å². The minimum Gasteiger partial charge on any atom is -0.382 e. The maximum absolute atomic E-state index is 10.8. The van der Waals surface area contributed by atoms with Gasteiger partial charge in [-0.3, -0.25) is 0 Å². The third-order valence-electron chi connectivity index (χ3n) is 2.63. The molecule has 1 aromatic heterocycles. The van der Waals surface area contributed by atoms with Gasteiger partial charge in [0.05, 0.1) is 0 Å². The summed E-state index contributed by atoms with van der Waals surface area (Å²) in [6.45, 7) is 0.555. The van der Waals surface area contributed by atoms with Crippen LogP contribution in [0.2, 0.25) is 0 Å². The van der Waals surface area contributed by atoms with Crippen molar-refractivity contribution < 1.29 is 0 Å². The Kier molecular flexibility index (Phi) is 3.56. The number of aromatic nitrogens is 2. The van der Waals surface area contributed by atoms with Gasteiger partial charge in [0, 0.05) is 13.6 Å². The van der Waals surface area contributed by atoms with Gasteiger partial charge >= 0.3 is 0 Å². The van der Waals surface area contributed by atoms with Gasteiger partial charge in [-0.1, -0.05) is 30.3 Å². The SMILES string of the molecule is CN(Cc1ccccc1)c1nc(N)nc(N)c1N=O. The van der Waals surface area contributed by atoms with E-state index in [2.05, 4.69) is 15.1 Å².